The predicted molar refractivity (Wildman–Crippen MR) is 90.4 cm³/mol. The molecule has 1 rings (SSSR count). The number of benzene rings is 1. The van der Waals surface area contributed by atoms with Crippen LogP contribution in [0.2, 0.25) is 0 Å². The summed E-state index contributed by atoms with van der Waals surface area (Å²) in [5, 5.41) is 12.5. The maximum Gasteiger partial charge on any atom is 0.125 e. The Labute approximate surface area is 136 Å². The topological polar surface area (TPSA) is 45.0 Å². The molecular formula is C17H25BrN2O. The highest BCUT2D eigenvalue weighted by molar-refractivity contribution is 9.10. The van der Waals surface area contributed by atoms with E-state index in [0.29, 0.717) is 13.0 Å². The minimum absolute atomic E-state index is 0.247. The Morgan fingerprint density at radius 1 is 1.43 bits per heavy atom. The van der Waals surface area contributed by atoms with Crippen molar-refractivity contribution in [3.05, 3.63) is 28.2 Å². The number of ether oxygens (including phenoxy) is 1. The lowest BCUT2D eigenvalue weighted by Gasteiger charge is -2.20. The first kappa shape index (κ1) is 18.0. The summed E-state index contributed by atoms with van der Waals surface area (Å²) in [4.78, 5) is 0. The van der Waals surface area contributed by atoms with Crippen LogP contribution in [0.4, 0.5) is 0 Å². The number of nitrogens with one attached hydrogen (secondary N) is 1. The van der Waals surface area contributed by atoms with Gasteiger partial charge in [0.15, 0.2) is 0 Å². The van der Waals surface area contributed by atoms with Crippen LogP contribution in [0.25, 0.3) is 0 Å². The van der Waals surface area contributed by atoms with Crippen LogP contribution in [0.5, 0.6) is 5.75 Å². The first-order valence-electron chi connectivity index (χ1n) is 7.46. The number of halogens is 1. The molecule has 0 radical (unpaired) electrons. The smallest absolute Gasteiger partial charge is 0.125 e. The molecule has 1 N–H and O–H groups in total. The van der Waals surface area contributed by atoms with E-state index in [0.717, 1.165) is 28.8 Å². The van der Waals surface area contributed by atoms with E-state index in [9.17, 15) is 0 Å². The molecule has 21 heavy (non-hydrogen) atoms. The molecule has 0 heterocycles. The van der Waals surface area contributed by atoms with Crippen molar-refractivity contribution in [1.29, 1.82) is 5.26 Å². The Bertz CT molecular complexity index is 494. The van der Waals surface area contributed by atoms with Crippen molar-refractivity contribution in [2.45, 2.75) is 46.6 Å². The van der Waals surface area contributed by atoms with Gasteiger partial charge in [-0.1, -0.05) is 28.9 Å². The van der Waals surface area contributed by atoms with Gasteiger partial charge in [-0.3, -0.25) is 0 Å². The normalized spacial score (nSPS) is 12.8. The Hall–Kier alpha value is -1.05. The molecule has 0 aromatic heterocycles. The molecule has 0 aliphatic heterocycles. The zero-order valence-corrected chi connectivity index (χ0v) is 15.0. The van der Waals surface area contributed by atoms with Crippen LogP contribution in [0.1, 0.15) is 52.1 Å². The maximum absolute atomic E-state index is 9.05. The van der Waals surface area contributed by atoms with Crippen molar-refractivity contribution in [2.24, 2.45) is 5.41 Å². The van der Waals surface area contributed by atoms with Crippen molar-refractivity contribution >= 4 is 15.9 Å². The largest absolute Gasteiger partial charge is 0.493 e. The molecule has 1 aromatic carbocycles. The predicted octanol–water partition coefficient (Wildman–Crippen LogP) is 4.83. The lowest BCUT2D eigenvalue weighted by Crippen LogP contribution is -2.20. The average molecular weight is 353 g/mol. The summed E-state index contributed by atoms with van der Waals surface area (Å²) in [6, 6.07) is 8.67. The zero-order valence-electron chi connectivity index (χ0n) is 13.4. The van der Waals surface area contributed by atoms with E-state index in [1.807, 2.05) is 26.0 Å². The Morgan fingerprint density at radius 2 is 2.14 bits per heavy atom. The molecule has 0 saturated carbocycles. The molecule has 0 aliphatic rings. The number of rotatable bonds is 8. The molecule has 0 fully saturated rings. The van der Waals surface area contributed by atoms with Gasteiger partial charge in [0, 0.05) is 16.1 Å². The second kappa shape index (κ2) is 8.41. The molecule has 0 amide bonds. The van der Waals surface area contributed by atoms with Crippen LogP contribution in [-0.4, -0.2) is 13.2 Å². The second-order valence-electron chi connectivity index (χ2n) is 5.95. The van der Waals surface area contributed by atoms with Gasteiger partial charge in [0.05, 0.1) is 18.1 Å². The summed E-state index contributed by atoms with van der Waals surface area (Å²) in [6.07, 6.45) is 1.82. The van der Waals surface area contributed by atoms with Crippen molar-refractivity contribution in [3.8, 4) is 11.8 Å². The Balaban J connectivity index is 2.76. The highest BCUT2D eigenvalue weighted by Gasteiger charge is 2.17. The number of nitriles is 1. The zero-order chi connectivity index (χ0) is 15.9. The molecule has 4 heteroatoms. The molecule has 1 unspecified atom stereocenters. The van der Waals surface area contributed by atoms with E-state index >= 15 is 0 Å². The van der Waals surface area contributed by atoms with E-state index in [1.54, 1.807) is 0 Å². The van der Waals surface area contributed by atoms with Gasteiger partial charge in [0.1, 0.15) is 5.75 Å². The van der Waals surface area contributed by atoms with Crippen molar-refractivity contribution < 1.29 is 4.74 Å². The highest BCUT2D eigenvalue weighted by Crippen LogP contribution is 2.29. The second-order valence-corrected chi connectivity index (χ2v) is 6.87. The van der Waals surface area contributed by atoms with Gasteiger partial charge >= 0.3 is 0 Å². The van der Waals surface area contributed by atoms with Gasteiger partial charge in [-0.15, -0.1) is 0 Å². The fraction of sp³-hybridized carbons (Fsp3) is 0.588. The summed E-state index contributed by atoms with van der Waals surface area (Å²) in [6.45, 7) is 9.70. The maximum atomic E-state index is 9.05. The van der Waals surface area contributed by atoms with Gasteiger partial charge < -0.3 is 10.1 Å². The van der Waals surface area contributed by atoms with Crippen LogP contribution in [0, 0.1) is 16.7 Å². The van der Waals surface area contributed by atoms with Crippen LogP contribution < -0.4 is 10.1 Å². The minimum Gasteiger partial charge on any atom is -0.493 e. The fourth-order valence-electron chi connectivity index (χ4n) is 1.93. The van der Waals surface area contributed by atoms with Crippen LogP contribution in [-0.2, 0) is 0 Å². The van der Waals surface area contributed by atoms with E-state index in [4.69, 9.17) is 10.00 Å². The molecule has 0 spiro atoms. The van der Waals surface area contributed by atoms with Gasteiger partial charge in [-0.25, -0.2) is 0 Å². The highest BCUT2D eigenvalue weighted by atomic mass is 79.9. The average Bonchev–Trinajstić information content (AvgIpc) is 2.44. The summed E-state index contributed by atoms with van der Waals surface area (Å²) in [5.74, 6) is 0.884. The fourth-order valence-corrected chi connectivity index (χ4v) is 2.27. The number of hydrogen-bond donors (Lipinski definition) is 1. The summed E-state index contributed by atoms with van der Waals surface area (Å²) < 4.78 is 6.94. The lowest BCUT2D eigenvalue weighted by molar-refractivity contribution is 0.260. The summed E-state index contributed by atoms with van der Waals surface area (Å²) in [7, 11) is 0. The number of nitrogens with zero attached hydrogens (tertiary/aromatic N) is 1. The van der Waals surface area contributed by atoms with Gasteiger partial charge in [-0.2, -0.15) is 5.26 Å². The summed E-state index contributed by atoms with van der Waals surface area (Å²) >= 11 is 3.49. The van der Waals surface area contributed by atoms with Crippen molar-refractivity contribution in [2.75, 3.05) is 13.2 Å². The van der Waals surface area contributed by atoms with Crippen LogP contribution in [0.15, 0.2) is 22.7 Å². The third-order valence-electron chi connectivity index (χ3n) is 3.43. The van der Waals surface area contributed by atoms with Crippen molar-refractivity contribution in [3.63, 3.8) is 0 Å². The van der Waals surface area contributed by atoms with E-state index in [-0.39, 0.29) is 11.5 Å². The van der Waals surface area contributed by atoms with Crippen LogP contribution >= 0.6 is 15.9 Å². The minimum atomic E-state index is -0.349. The molecule has 1 atom stereocenters. The van der Waals surface area contributed by atoms with E-state index < -0.39 is 0 Å². The Morgan fingerprint density at radius 3 is 2.76 bits per heavy atom. The first-order valence-corrected chi connectivity index (χ1v) is 8.26. The first-order chi connectivity index (χ1) is 9.89. The molecule has 3 nitrogen and oxygen atoms in total. The lowest BCUT2D eigenvalue weighted by atomic mass is 9.92. The molecule has 0 aliphatic carbocycles. The summed E-state index contributed by atoms with van der Waals surface area (Å²) in [5.41, 5.74) is 0.805. The molecule has 0 bridgehead atoms. The van der Waals surface area contributed by atoms with Crippen molar-refractivity contribution in [1.82, 2.24) is 5.32 Å². The standard InChI is InChI=1S/C17H25BrN2O/c1-5-9-20-13(2)15-7-6-14(18)11-16(15)21-10-8-17(3,4)12-19/h6-7,11,13,20H,5,8-10H2,1-4H3. The molecular weight excluding hydrogens is 328 g/mol. The van der Waals surface area contributed by atoms with Gasteiger partial charge in [0.25, 0.3) is 0 Å². The quantitative estimate of drug-likeness (QED) is 0.728. The molecule has 0 saturated heterocycles. The van der Waals surface area contributed by atoms with Crippen LogP contribution in [0.3, 0.4) is 0 Å². The molecule has 1 aromatic rings. The Kier molecular flexibility index (Phi) is 7.21. The van der Waals surface area contributed by atoms with E-state index in [2.05, 4.69) is 47.2 Å². The SMILES string of the molecule is CCCNC(C)c1ccc(Br)cc1OCCC(C)(C)C#N. The molecule has 116 valence electrons. The third-order valence-corrected chi connectivity index (χ3v) is 3.92. The number of hydrogen-bond acceptors (Lipinski definition) is 3. The van der Waals surface area contributed by atoms with Gasteiger partial charge in [-0.05, 0) is 52.3 Å². The van der Waals surface area contributed by atoms with Gasteiger partial charge in [0.2, 0.25) is 0 Å². The monoisotopic (exact) mass is 352 g/mol. The third kappa shape index (κ3) is 6.07. The van der Waals surface area contributed by atoms with E-state index in [1.165, 1.54) is 0 Å².